The summed E-state index contributed by atoms with van der Waals surface area (Å²) < 4.78 is 43.2. The number of hydrogen-bond acceptors (Lipinski definition) is 10. The molecule has 1 unspecified atom stereocenters. The van der Waals surface area contributed by atoms with Crippen molar-refractivity contribution in [2.75, 3.05) is 52.5 Å². The lowest BCUT2D eigenvalue weighted by atomic mass is 9.93. The number of rotatable bonds is 17. The predicted molar refractivity (Wildman–Crippen MR) is 269 cm³/mol. The highest BCUT2D eigenvalue weighted by atomic mass is 35.5. The maximum absolute atomic E-state index is 15.1. The SMILES string of the molecule is CCCCN(Cc1ccc(Cl)c(Cl)c1)C(=O)c1nn(-c2ccc(C(=O)NS(=O)(=O)c3ccc4cccc(OCCN5CCOCC5)c4c3)cc2C(=O)N2Cc3ccccc3CC2CN=[N+]=[N-])c(C)c1Cl. The van der Waals surface area contributed by atoms with E-state index in [1.54, 1.807) is 47.1 Å². The van der Waals surface area contributed by atoms with Crippen molar-refractivity contribution in [3.8, 4) is 11.4 Å². The predicted octanol–water partition coefficient (Wildman–Crippen LogP) is 9.44. The van der Waals surface area contributed by atoms with Crippen molar-refractivity contribution < 1.29 is 32.3 Å². The monoisotopic (exact) mass is 1030 g/mol. The highest BCUT2D eigenvalue weighted by molar-refractivity contribution is 7.90. The lowest BCUT2D eigenvalue weighted by molar-refractivity contribution is 0.0323. The fourth-order valence-electron chi connectivity index (χ4n) is 8.64. The van der Waals surface area contributed by atoms with Gasteiger partial charge in [-0.2, -0.15) is 5.10 Å². The number of benzene rings is 5. The molecule has 1 atom stereocenters. The van der Waals surface area contributed by atoms with Crippen molar-refractivity contribution in [1.29, 1.82) is 0 Å². The summed E-state index contributed by atoms with van der Waals surface area (Å²) in [6.07, 6.45) is 1.86. The molecule has 3 heterocycles. The fourth-order valence-corrected chi connectivity index (χ4v) is 10.2. The number of amides is 3. The van der Waals surface area contributed by atoms with Gasteiger partial charge in [-0.15, -0.1) is 0 Å². The van der Waals surface area contributed by atoms with Gasteiger partial charge in [-0.1, -0.05) is 102 Å². The maximum atomic E-state index is 15.1. The van der Waals surface area contributed by atoms with E-state index in [2.05, 4.69) is 19.6 Å². The number of morpholine rings is 1. The van der Waals surface area contributed by atoms with E-state index in [-0.39, 0.29) is 52.1 Å². The molecule has 0 aliphatic carbocycles. The molecule has 5 aromatic carbocycles. The van der Waals surface area contributed by atoms with Gasteiger partial charge in [0.1, 0.15) is 12.4 Å². The molecule has 0 bridgehead atoms. The summed E-state index contributed by atoms with van der Waals surface area (Å²) in [5, 5.41) is 10.6. The van der Waals surface area contributed by atoms with Gasteiger partial charge in [0.05, 0.1) is 50.1 Å². The van der Waals surface area contributed by atoms with Crippen LogP contribution < -0.4 is 9.46 Å². The molecule has 1 N–H and O–H groups in total. The lowest BCUT2D eigenvalue weighted by Crippen LogP contribution is -2.46. The van der Waals surface area contributed by atoms with Gasteiger partial charge in [0.15, 0.2) is 5.69 Å². The van der Waals surface area contributed by atoms with Crippen LogP contribution in [0.1, 0.15) is 73.4 Å². The molecule has 70 heavy (non-hydrogen) atoms. The molecule has 0 radical (unpaired) electrons. The van der Waals surface area contributed by atoms with Crippen LogP contribution in [-0.2, 0) is 34.3 Å². The summed E-state index contributed by atoms with van der Waals surface area (Å²) in [7, 11) is -4.49. The molecule has 0 saturated carbocycles. The smallest absolute Gasteiger partial charge is 0.276 e. The minimum Gasteiger partial charge on any atom is -0.492 e. The van der Waals surface area contributed by atoms with E-state index in [1.807, 2.05) is 43.3 Å². The molecule has 2 aliphatic heterocycles. The Morgan fingerprint density at radius 3 is 2.50 bits per heavy atom. The zero-order chi connectivity index (χ0) is 49.5. The third kappa shape index (κ3) is 11.2. The molecular weight excluding hydrogens is 977 g/mol. The van der Waals surface area contributed by atoms with Crippen molar-refractivity contribution in [3.63, 3.8) is 0 Å². The first-order chi connectivity index (χ1) is 33.8. The third-order valence-corrected chi connectivity index (χ3v) is 15.0. The Morgan fingerprint density at radius 2 is 1.74 bits per heavy atom. The second kappa shape index (κ2) is 22.3. The third-order valence-electron chi connectivity index (χ3n) is 12.5. The first-order valence-electron chi connectivity index (χ1n) is 22.8. The topological polar surface area (TPSA) is 192 Å². The number of unbranched alkanes of at least 4 members (excludes halogenated alkanes) is 1. The summed E-state index contributed by atoms with van der Waals surface area (Å²) in [6.45, 7) is 8.24. The molecule has 1 aromatic heterocycles. The van der Waals surface area contributed by atoms with Crippen LogP contribution in [0.2, 0.25) is 15.1 Å². The van der Waals surface area contributed by atoms with E-state index in [0.717, 1.165) is 41.6 Å². The Kier molecular flexibility index (Phi) is 16.0. The molecule has 2 aliphatic rings. The number of carbonyl (C=O) groups excluding carboxylic acids is 3. The number of azide groups is 1. The van der Waals surface area contributed by atoms with Crippen LogP contribution in [0.5, 0.6) is 5.75 Å². The molecule has 8 rings (SSSR count). The number of nitrogens with zero attached hydrogens (tertiary/aromatic N) is 8. The van der Waals surface area contributed by atoms with E-state index in [1.165, 1.54) is 35.0 Å². The number of sulfonamides is 1. The fraction of sp³-hybridized carbons (Fsp3) is 0.320. The standard InChI is InChI=1S/C50H50Cl3N9O7S/c1-3-4-18-60(30-33-12-16-42(51)43(52)25-33)50(65)47-46(53)32(2)62(56-47)44-17-14-36(27-41(44)49(64)61-31-37-9-6-5-8-35(37)26-38(61)29-55-58-54)48(63)57-70(66,67)39-15-13-34-10-7-11-45(40(34)28-39)69-24-21-59-19-22-68-23-20-59/h5-17,25,27-28,38H,3-4,18-24,26,29-31H2,1-2H3,(H,57,63). The molecule has 1 saturated heterocycles. The van der Waals surface area contributed by atoms with Crippen LogP contribution in [-0.4, -0.2) is 109 Å². The van der Waals surface area contributed by atoms with Crippen LogP contribution >= 0.6 is 34.8 Å². The quantitative estimate of drug-likeness (QED) is 0.0527. The number of carbonyl (C=O) groups is 3. The minimum absolute atomic E-state index is 0.0427. The number of halogens is 3. The highest BCUT2D eigenvalue weighted by Gasteiger charge is 2.34. The van der Waals surface area contributed by atoms with E-state index >= 15 is 4.79 Å². The first kappa shape index (κ1) is 50.2. The Morgan fingerprint density at radius 1 is 0.957 bits per heavy atom. The normalized spacial score (nSPS) is 15.0. The zero-order valence-corrected chi connectivity index (χ0v) is 41.6. The van der Waals surface area contributed by atoms with Crippen LogP contribution in [0.25, 0.3) is 26.9 Å². The summed E-state index contributed by atoms with van der Waals surface area (Å²) >= 11 is 19.5. The van der Waals surface area contributed by atoms with Crippen molar-refractivity contribution in [3.05, 3.63) is 162 Å². The van der Waals surface area contributed by atoms with Gasteiger partial charge in [-0.25, -0.2) is 17.8 Å². The molecule has 3 amide bonds. The second-order valence-corrected chi connectivity index (χ2v) is 19.9. The highest BCUT2D eigenvalue weighted by Crippen LogP contribution is 2.33. The van der Waals surface area contributed by atoms with Crippen LogP contribution in [0, 0.1) is 6.92 Å². The maximum Gasteiger partial charge on any atom is 0.276 e. The molecule has 16 nitrogen and oxygen atoms in total. The van der Waals surface area contributed by atoms with Gasteiger partial charge in [0.2, 0.25) is 0 Å². The van der Waals surface area contributed by atoms with E-state index in [9.17, 15) is 23.5 Å². The number of ether oxygens (including phenoxy) is 2. The number of hydrogen-bond donors (Lipinski definition) is 1. The Balaban J connectivity index is 1.14. The van der Waals surface area contributed by atoms with Gasteiger partial charge in [-0.3, -0.25) is 19.3 Å². The van der Waals surface area contributed by atoms with Crippen molar-refractivity contribution >= 4 is 73.3 Å². The molecule has 364 valence electrons. The molecule has 1 fully saturated rings. The summed E-state index contributed by atoms with van der Waals surface area (Å²) in [5.41, 5.74) is 12.1. The van der Waals surface area contributed by atoms with E-state index in [4.69, 9.17) is 49.4 Å². The largest absolute Gasteiger partial charge is 0.492 e. The van der Waals surface area contributed by atoms with Gasteiger partial charge in [0, 0.05) is 67.7 Å². The minimum atomic E-state index is -4.49. The lowest BCUT2D eigenvalue weighted by Gasteiger charge is -2.36. The first-order valence-corrected chi connectivity index (χ1v) is 25.4. The number of aromatic nitrogens is 2. The van der Waals surface area contributed by atoms with Crippen molar-refractivity contribution in [2.24, 2.45) is 5.11 Å². The average Bonchev–Trinajstić information content (AvgIpc) is 3.67. The molecular formula is C50H50Cl3N9O7S. The Hall–Kier alpha value is -6.17. The van der Waals surface area contributed by atoms with E-state index < -0.39 is 33.8 Å². The van der Waals surface area contributed by atoms with Crippen molar-refractivity contribution in [1.82, 2.24) is 29.2 Å². The molecule has 6 aromatic rings. The van der Waals surface area contributed by atoms with Crippen LogP contribution in [0.4, 0.5) is 0 Å². The van der Waals surface area contributed by atoms with Crippen LogP contribution in [0.3, 0.4) is 0 Å². The van der Waals surface area contributed by atoms with Gasteiger partial charge in [0.25, 0.3) is 27.7 Å². The zero-order valence-electron chi connectivity index (χ0n) is 38.5. The number of fused-ring (bicyclic) bond motifs is 2. The van der Waals surface area contributed by atoms with Gasteiger partial charge in [-0.05, 0) is 95.9 Å². The summed E-state index contributed by atoms with van der Waals surface area (Å²) in [6, 6.07) is 26.2. The average molecular weight is 1030 g/mol. The summed E-state index contributed by atoms with van der Waals surface area (Å²) in [5.74, 6) is -1.56. The van der Waals surface area contributed by atoms with Gasteiger partial charge < -0.3 is 19.3 Å². The summed E-state index contributed by atoms with van der Waals surface area (Å²) in [4.78, 5) is 51.9. The molecule has 0 spiro atoms. The molecule has 20 heteroatoms. The second-order valence-electron chi connectivity index (χ2n) is 17.1. The van der Waals surface area contributed by atoms with Crippen LogP contribution in [0.15, 0.2) is 107 Å². The number of nitrogens with one attached hydrogen (secondary N) is 1. The van der Waals surface area contributed by atoms with Gasteiger partial charge >= 0.3 is 0 Å². The van der Waals surface area contributed by atoms with Crippen molar-refractivity contribution in [2.45, 2.75) is 57.1 Å². The Bertz CT molecular complexity index is 3120. The van der Waals surface area contributed by atoms with E-state index in [0.29, 0.717) is 72.6 Å². The Labute approximate surface area is 420 Å².